The van der Waals surface area contributed by atoms with Gasteiger partial charge in [0.1, 0.15) is 11.9 Å². The highest BCUT2D eigenvalue weighted by atomic mass is 16.5. The summed E-state index contributed by atoms with van der Waals surface area (Å²) in [6.45, 7) is 4.71. The van der Waals surface area contributed by atoms with Crippen molar-refractivity contribution >= 4 is 5.82 Å². The number of aromatic nitrogens is 1. The van der Waals surface area contributed by atoms with E-state index in [0.29, 0.717) is 11.5 Å². The van der Waals surface area contributed by atoms with E-state index in [0.717, 1.165) is 44.0 Å². The van der Waals surface area contributed by atoms with Gasteiger partial charge in [0.25, 0.3) is 0 Å². The first-order valence-electron chi connectivity index (χ1n) is 6.36. The summed E-state index contributed by atoms with van der Waals surface area (Å²) in [4.78, 5) is 6.73. The summed E-state index contributed by atoms with van der Waals surface area (Å²) in [5.41, 5.74) is 1.63. The van der Waals surface area contributed by atoms with Gasteiger partial charge in [-0.2, -0.15) is 5.26 Å². The largest absolute Gasteiger partial charge is 0.384 e. The second-order valence-corrected chi connectivity index (χ2v) is 4.82. The second kappa shape index (κ2) is 5.83. The first kappa shape index (κ1) is 12.8. The number of rotatable bonds is 3. The SMILES string of the molecule is COCC1CCN(c2nc(C)ccc2C#N)CC1. The van der Waals surface area contributed by atoms with Crippen molar-refractivity contribution in [3.05, 3.63) is 23.4 Å². The number of piperidine rings is 1. The predicted octanol–water partition coefficient (Wildman–Crippen LogP) is 2.12. The molecule has 0 atom stereocenters. The topological polar surface area (TPSA) is 49.1 Å². The number of anilines is 1. The molecule has 18 heavy (non-hydrogen) atoms. The summed E-state index contributed by atoms with van der Waals surface area (Å²) in [6.07, 6.45) is 2.21. The molecule has 0 spiro atoms. The summed E-state index contributed by atoms with van der Waals surface area (Å²) in [6, 6.07) is 5.98. The van der Waals surface area contributed by atoms with Gasteiger partial charge >= 0.3 is 0 Å². The second-order valence-electron chi connectivity index (χ2n) is 4.82. The average molecular weight is 245 g/mol. The first-order chi connectivity index (χ1) is 8.74. The summed E-state index contributed by atoms with van der Waals surface area (Å²) in [7, 11) is 1.75. The van der Waals surface area contributed by atoms with Crippen molar-refractivity contribution in [3.8, 4) is 6.07 Å². The highest BCUT2D eigenvalue weighted by Crippen LogP contribution is 2.24. The van der Waals surface area contributed by atoms with E-state index in [1.54, 1.807) is 7.11 Å². The van der Waals surface area contributed by atoms with Gasteiger partial charge < -0.3 is 9.64 Å². The van der Waals surface area contributed by atoms with Gasteiger partial charge in [-0.25, -0.2) is 4.98 Å². The van der Waals surface area contributed by atoms with Crippen molar-refractivity contribution in [1.82, 2.24) is 4.98 Å². The molecule has 0 aromatic carbocycles. The molecule has 1 aliphatic heterocycles. The standard InChI is InChI=1S/C14H19N3O/c1-11-3-4-13(9-15)14(16-11)17-7-5-12(6-8-17)10-18-2/h3-4,12H,5-8,10H2,1-2H3. The summed E-state index contributed by atoms with van der Waals surface area (Å²) < 4.78 is 5.20. The summed E-state index contributed by atoms with van der Waals surface area (Å²) in [5, 5.41) is 9.14. The molecule has 0 unspecified atom stereocenters. The van der Waals surface area contributed by atoms with E-state index in [2.05, 4.69) is 16.0 Å². The minimum absolute atomic E-state index is 0.640. The highest BCUT2D eigenvalue weighted by molar-refractivity contribution is 5.54. The van der Waals surface area contributed by atoms with E-state index in [1.165, 1.54) is 0 Å². The lowest BCUT2D eigenvalue weighted by Crippen LogP contribution is -2.36. The Bertz CT molecular complexity index is 445. The maximum absolute atomic E-state index is 9.14. The lowest BCUT2D eigenvalue weighted by Gasteiger charge is -2.33. The van der Waals surface area contributed by atoms with Gasteiger partial charge in [-0.3, -0.25) is 0 Å². The Morgan fingerprint density at radius 1 is 1.44 bits per heavy atom. The number of aryl methyl sites for hydroxylation is 1. The van der Waals surface area contributed by atoms with Crippen LogP contribution in [-0.4, -0.2) is 31.8 Å². The van der Waals surface area contributed by atoms with Crippen molar-refractivity contribution in [3.63, 3.8) is 0 Å². The van der Waals surface area contributed by atoms with Crippen molar-refractivity contribution in [2.24, 2.45) is 5.92 Å². The fraction of sp³-hybridized carbons (Fsp3) is 0.571. The van der Waals surface area contributed by atoms with Crippen LogP contribution in [0, 0.1) is 24.2 Å². The zero-order valence-electron chi connectivity index (χ0n) is 11.0. The predicted molar refractivity (Wildman–Crippen MR) is 70.5 cm³/mol. The van der Waals surface area contributed by atoms with Crippen LogP contribution < -0.4 is 4.90 Å². The van der Waals surface area contributed by atoms with Gasteiger partial charge in [0.05, 0.1) is 5.56 Å². The molecule has 4 heteroatoms. The average Bonchev–Trinajstić information content (AvgIpc) is 2.40. The Hall–Kier alpha value is -1.60. The van der Waals surface area contributed by atoms with E-state index in [1.807, 2.05) is 19.1 Å². The third-order valence-electron chi connectivity index (χ3n) is 3.45. The van der Waals surface area contributed by atoms with Gasteiger partial charge in [-0.05, 0) is 37.8 Å². The molecule has 2 rings (SSSR count). The van der Waals surface area contributed by atoms with Crippen molar-refractivity contribution in [1.29, 1.82) is 5.26 Å². The van der Waals surface area contributed by atoms with Crippen molar-refractivity contribution in [2.45, 2.75) is 19.8 Å². The number of methoxy groups -OCH3 is 1. The number of hydrogen-bond donors (Lipinski definition) is 0. The highest BCUT2D eigenvalue weighted by Gasteiger charge is 2.21. The molecular weight excluding hydrogens is 226 g/mol. The molecule has 1 fully saturated rings. The van der Waals surface area contributed by atoms with Crippen LogP contribution in [0.25, 0.3) is 0 Å². The van der Waals surface area contributed by atoms with E-state index >= 15 is 0 Å². The Kier molecular flexibility index (Phi) is 4.16. The third-order valence-corrected chi connectivity index (χ3v) is 3.45. The summed E-state index contributed by atoms with van der Waals surface area (Å²) in [5.74, 6) is 1.48. The van der Waals surface area contributed by atoms with Crippen LogP contribution >= 0.6 is 0 Å². The maximum atomic E-state index is 9.14. The smallest absolute Gasteiger partial charge is 0.146 e. The Morgan fingerprint density at radius 3 is 2.78 bits per heavy atom. The molecule has 1 aromatic heterocycles. The van der Waals surface area contributed by atoms with E-state index in [4.69, 9.17) is 10.00 Å². The lowest BCUT2D eigenvalue weighted by molar-refractivity contribution is 0.139. The third kappa shape index (κ3) is 2.80. The molecule has 0 aliphatic carbocycles. The van der Waals surface area contributed by atoms with Gasteiger partial charge in [-0.15, -0.1) is 0 Å². The Balaban J connectivity index is 2.10. The molecule has 0 N–H and O–H groups in total. The molecule has 0 amide bonds. The van der Waals surface area contributed by atoms with Gasteiger partial charge in [0.15, 0.2) is 0 Å². The number of nitriles is 1. The van der Waals surface area contributed by atoms with Crippen LogP contribution in [0.15, 0.2) is 12.1 Å². The van der Waals surface area contributed by atoms with Crippen LogP contribution in [0.2, 0.25) is 0 Å². The van der Waals surface area contributed by atoms with Crippen LogP contribution in [-0.2, 0) is 4.74 Å². The number of hydrogen-bond acceptors (Lipinski definition) is 4. The Morgan fingerprint density at radius 2 is 2.17 bits per heavy atom. The fourth-order valence-corrected chi connectivity index (χ4v) is 2.42. The minimum Gasteiger partial charge on any atom is -0.384 e. The number of nitrogens with zero attached hydrogens (tertiary/aromatic N) is 3. The fourth-order valence-electron chi connectivity index (χ4n) is 2.42. The van der Waals surface area contributed by atoms with Crippen LogP contribution in [0.4, 0.5) is 5.82 Å². The van der Waals surface area contributed by atoms with Crippen LogP contribution in [0.1, 0.15) is 24.1 Å². The molecule has 0 bridgehead atoms. The molecule has 1 saturated heterocycles. The molecule has 0 radical (unpaired) electrons. The van der Waals surface area contributed by atoms with E-state index in [-0.39, 0.29) is 0 Å². The molecular formula is C14H19N3O. The first-order valence-corrected chi connectivity index (χ1v) is 6.36. The molecule has 96 valence electrons. The van der Waals surface area contributed by atoms with Gasteiger partial charge in [0, 0.05) is 32.5 Å². The quantitative estimate of drug-likeness (QED) is 0.818. The summed E-state index contributed by atoms with van der Waals surface area (Å²) >= 11 is 0. The Labute approximate surface area is 108 Å². The number of ether oxygens (including phenoxy) is 1. The zero-order valence-corrected chi connectivity index (χ0v) is 11.0. The van der Waals surface area contributed by atoms with E-state index in [9.17, 15) is 0 Å². The molecule has 1 aromatic rings. The van der Waals surface area contributed by atoms with Crippen LogP contribution in [0.5, 0.6) is 0 Å². The van der Waals surface area contributed by atoms with Crippen molar-refractivity contribution in [2.75, 3.05) is 31.7 Å². The zero-order chi connectivity index (χ0) is 13.0. The maximum Gasteiger partial charge on any atom is 0.146 e. The van der Waals surface area contributed by atoms with E-state index < -0.39 is 0 Å². The number of pyridine rings is 1. The van der Waals surface area contributed by atoms with Crippen LogP contribution in [0.3, 0.4) is 0 Å². The molecule has 2 heterocycles. The van der Waals surface area contributed by atoms with Crippen molar-refractivity contribution < 1.29 is 4.74 Å². The molecule has 1 aliphatic rings. The normalized spacial score (nSPS) is 16.6. The minimum atomic E-state index is 0.640. The molecule has 4 nitrogen and oxygen atoms in total. The van der Waals surface area contributed by atoms with Gasteiger partial charge in [0.2, 0.25) is 0 Å². The lowest BCUT2D eigenvalue weighted by atomic mass is 9.97. The molecule has 0 saturated carbocycles. The van der Waals surface area contributed by atoms with Gasteiger partial charge in [-0.1, -0.05) is 0 Å². The monoisotopic (exact) mass is 245 g/mol.